The highest BCUT2D eigenvalue weighted by Crippen LogP contribution is 2.27. The quantitative estimate of drug-likeness (QED) is 0.606. The number of anilines is 1. The van der Waals surface area contributed by atoms with Crippen molar-refractivity contribution in [1.82, 2.24) is 4.98 Å². The van der Waals surface area contributed by atoms with E-state index < -0.39 is 0 Å². The number of hydrogen-bond acceptors (Lipinski definition) is 2. The van der Waals surface area contributed by atoms with Gasteiger partial charge in [0.1, 0.15) is 0 Å². The molecule has 1 aromatic heterocycles. The number of rotatable bonds is 3. The maximum Gasteiger partial charge on any atom is 0.0763 e. The Hall–Kier alpha value is -1.39. The Bertz CT molecular complexity index is 800. The van der Waals surface area contributed by atoms with Crippen LogP contribution in [0.15, 0.2) is 57.6 Å². The average Bonchev–Trinajstić information content (AvgIpc) is 2.50. The Labute approximate surface area is 140 Å². The number of aromatic nitrogens is 1. The molecule has 0 aliphatic carbocycles. The minimum atomic E-state index is 0.739. The van der Waals surface area contributed by atoms with Gasteiger partial charge in [-0.05, 0) is 58.2 Å². The smallest absolute Gasteiger partial charge is 0.0763 e. The van der Waals surface area contributed by atoms with Gasteiger partial charge in [-0.25, -0.2) is 0 Å². The van der Waals surface area contributed by atoms with Gasteiger partial charge < -0.3 is 5.32 Å². The van der Waals surface area contributed by atoms with Gasteiger partial charge in [0.05, 0.1) is 5.52 Å². The zero-order valence-corrected chi connectivity index (χ0v) is 14.7. The van der Waals surface area contributed by atoms with E-state index in [2.05, 4.69) is 85.5 Å². The van der Waals surface area contributed by atoms with E-state index in [0.29, 0.717) is 0 Å². The molecule has 0 aliphatic heterocycles. The molecule has 1 heterocycles. The second-order valence-corrected chi connectivity index (χ2v) is 6.65. The molecule has 0 saturated heterocycles. The van der Waals surface area contributed by atoms with Gasteiger partial charge in [0.25, 0.3) is 0 Å². The van der Waals surface area contributed by atoms with Crippen molar-refractivity contribution in [2.45, 2.75) is 13.5 Å². The number of aryl methyl sites for hydroxylation is 1. The molecule has 0 unspecified atom stereocenters. The summed E-state index contributed by atoms with van der Waals surface area (Å²) in [5.74, 6) is 0. The predicted molar refractivity (Wildman–Crippen MR) is 95.6 cm³/mol. The monoisotopic (exact) mass is 404 g/mol. The van der Waals surface area contributed by atoms with E-state index in [4.69, 9.17) is 0 Å². The maximum atomic E-state index is 4.51. The third-order valence-electron chi connectivity index (χ3n) is 3.39. The first-order chi connectivity index (χ1) is 10.1. The fourth-order valence-electron chi connectivity index (χ4n) is 2.30. The lowest BCUT2D eigenvalue weighted by atomic mass is 10.1. The van der Waals surface area contributed by atoms with Gasteiger partial charge in [0.15, 0.2) is 0 Å². The summed E-state index contributed by atoms with van der Waals surface area (Å²) in [5, 5.41) is 4.62. The molecule has 3 rings (SSSR count). The number of hydrogen-bond donors (Lipinski definition) is 1. The summed E-state index contributed by atoms with van der Waals surface area (Å²) in [6.45, 7) is 2.83. The third kappa shape index (κ3) is 3.11. The van der Waals surface area contributed by atoms with Crippen LogP contribution in [0.5, 0.6) is 0 Å². The van der Waals surface area contributed by atoms with Gasteiger partial charge in [-0.2, -0.15) is 0 Å². The number of pyridine rings is 1. The van der Waals surface area contributed by atoms with Crippen molar-refractivity contribution < 1.29 is 0 Å². The molecule has 106 valence electrons. The van der Waals surface area contributed by atoms with E-state index in [-0.39, 0.29) is 0 Å². The molecule has 0 amide bonds. The molecular weight excluding hydrogens is 392 g/mol. The second-order valence-electron chi connectivity index (χ2n) is 4.94. The highest BCUT2D eigenvalue weighted by Gasteiger charge is 2.06. The van der Waals surface area contributed by atoms with Crippen LogP contribution in [-0.4, -0.2) is 4.98 Å². The van der Waals surface area contributed by atoms with Crippen LogP contribution in [0.4, 0.5) is 5.69 Å². The van der Waals surface area contributed by atoms with E-state index in [1.165, 1.54) is 11.1 Å². The van der Waals surface area contributed by atoms with Crippen molar-refractivity contribution in [2.24, 2.45) is 0 Å². The van der Waals surface area contributed by atoms with Crippen LogP contribution < -0.4 is 5.32 Å². The van der Waals surface area contributed by atoms with Gasteiger partial charge in [-0.1, -0.05) is 34.1 Å². The molecule has 0 bridgehead atoms. The van der Waals surface area contributed by atoms with Crippen LogP contribution >= 0.6 is 31.9 Å². The van der Waals surface area contributed by atoms with Gasteiger partial charge in [0.2, 0.25) is 0 Å². The van der Waals surface area contributed by atoms with Gasteiger partial charge in [-0.3, -0.25) is 4.98 Å². The molecule has 0 aliphatic rings. The fourth-order valence-corrected chi connectivity index (χ4v) is 3.14. The van der Waals surface area contributed by atoms with Gasteiger partial charge in [-0.15, -0.1) is 0 Å². The lowest BCUT2D eigenvalue weighted by molar-refractivity contribution is 1.15. The molecule has 1 N–H and O–H groups in total. The van der Waals surface area contributed by atoms with Crippen LogP contribution in [0.1, 0.15) is 11.1 Å². The molecule has 3 aromatic rings. The Morgan fingerprint density at radius 2 is 1.86 bits per heavy atom. The standard InChI is InChI=1S/C17H14Br2N2/c1-11-4-6-15(19)16(9-11)21-10-12-5-7-14(18)13-3-2-8-20-17(12)13/h2-9,21H,10H2,1H3. The zero-order valence-electron chi connectivity index (χ0n) is 11.5. The summed E-state index contributed by atoms with van der Waals surface area (Å²) >= 11 is 7.16. The SMILES string of the molecule is Cc1ccc(Br)c(NCc2ccc(Br)c3cccnc23)c1. The molecule has 21 heavy (non-hydrogen) atoms. The molecule has 0 saturated carbocycles. The van der Waals surface area contributed by atoms with Gasteiger partial charge >= 0.3 is 0 Å². The van der Waals surface area contributed by atoms with Gasteiger partial charge in [0, 0.05) is 32.8 Å². The van der Waals surface area contributed by atoms with Crippen molar-refractivity contribution in [3.63, 3.8) is 0 Å². The minimum absolute atomic E-state index is 0.739. The molecule has 0 spiro atoms. The Kier molecular flexibility index (Phi) is 4.27. The van der Waals surface area contributed by atoms with E-state index in [1.54, 1.807) is 0 Å². The van der Waals surface area contributed by atoms with E-state index in [0.717, 1.165) is 32.1 Å². The number of benzene rings is 2. The third-order valence-corrected chi connectivity index (χ3v) is 4.77. The normalized spacial score (nSPS) is 10.8. The van der Waals surface area contributed by atoms with Crippen LogP contribution in [0.25, 0.3) is 10.9 Å². The first-order valence-electron chi connectivity index (χ1n) is 6.67. The summed E-state index contributed by atoms with van der Waals surface area (Å²) in [6, 6.07) is 14.5. The lowest BCUT2D eigenvalue weighted by Crippen LogP contribution is -2.02. The van der Waals surface area contributed by atoms with Crippen LogP contribution in [0.2, 0.25) is 0 Å². The minimum Gasteiger partial charge on any atom is -0.380 e. The van der Waals surface area contributed by atoms with Crippen molar-refractivity contribution in [3.8, 4) is 0 Å². The highest BCUT2D eigenvalue weighted by molar-refractivity contribution is 9.11. The topological polar surface area (TPSA) is 24.9 Å². The summed E-state index contributed by atoms with van der Waals surface area (Å²) < 4.78 is 2.15. The Morgan fingerprint density at radius 3 is 2.71 bits per heavy atom. The lowest BCUT2D eigenvalue weighted by Gasteiger charge is -2.11. The second kappa shape index (κ2) is 6.16. The summed E-state index contributed by atoms with van der Waals surface area (Å²) in [6.07, 6.45) is 1.83. The fraction of sp³-hybridized carbons (Fsp3) is 0.118. The van der Waals surface area contributed by atoms with Crippen molar-refractivity contribution in [2.75, 3.05) is 5.32 Å². The molecule has 2 aromatic carbocycles. The molecular formula is C17H14Br2N2. The molecule has 2 nitrogen and oxygen atoms in total. The highest BCUT2D eigenvalue weighted by atomic mass is 79.9. The predicted octanol–water partition coefficient (Wildman–Crippen LogP) is 5.68. The summed E-state index contributed by atoms with van der Waals surface area (Å²) in [4.78, 5) is 4.51. The zero-order chi connectivity index (χ0) is 14.8. The Morgan fingerprint density at radius 1 is 1.05 bits per heavy atom. The maximum absolute atomic E-state index is 4.51. The van der Waals surface area contributed by atoms with E-state index in [9.17, 15) is 0 Å². The number of fused-ring (bicyclic) bond motifs is 1. The van der Waals surface area contributed by atoms with Crippen molar-refractivity contribution >= 4 is 48.5 Å². The van der Waals surface area contributed by atoms with E-state index >= 15 is 0 Å². The van der Waals surface area contributed by atoms with Crippen LogP contribution in [0.3, 0.4) is 0 Å². The number of nitrogens with zero attached hydrogens (tertiary/aromatic N) is 1. The Balaban J connectivity index is 1.92. The van der Waals surface area contributed by atoms with Crippen molar-refractivity contribution in [3.05, 3.63) is 68.7 Å². The first kappa shape index (κ1) is 14.5. The van der Waals surface area contributed by atoms with Crippen LogP contribution in [-0.2, 0) is 6.54 Å². The van der Waals surface area contributed by atoms with Crippen molar-refractivity contribution in [1.29, 1.82) is 0 Å². The number of halogens is 2. The van der Waals surface area contributed by atoms with Crippen LogP contribution in [0, 0.1) is 6.92 Å². The molecule has 0 atom stereocenters. The van der Waals surface area contributed by atoms with E-state index in [1.807, 2.05) is 12.3 Å². The average molecular weight is 406 g/mol. The first-order valence-corrected chi connectivity index (χ1v) is 8.26. The number of nitrogens with one attached hydrogen (secondary N) is 1. The molecule has 0 radical (unpaired) electrons. The molecule has 0 fully saturated rings. The largest absolute Gasteiger partial charge is 0.380 e. The summed E-state index contributed by atoms with van der Waals surface area (Å²) in [7, 11) is 0. The molecule has 4 heteroatoms. The summed E-state index contributed by atoms with van der Waals surface area (Å²) in [5.41, 5.74) is 4.55.